The number of benzene rings is 2. The third-order valence-corrected chi connectivity index (χ3v) is 15.6. The van der Waals surface area contributed by atoms with Crippen LogP contribution in [0.25, 0.3) is 11.0 Å². The Bertz CT molecular complexity index is 2860. The second-order valence-corrected chi connectivity index (χ2v) is 21.5. The van der Waals surface area contributed by atoms with Gasteiger partial charge in [-0.3, -0.25) is 18.6 Å². The highest BCUT2D eigenvalue weighted by Crippen LogP contribution is 2.51. The summed E-state index contributed by atoms with van der Waals surface area (Å²) in [7, 11) is -8.79. The van der Waals surface area contributed by atoms with Crippen molar-refractivity contribution in [2.75, 3.05) is 51.2 Å². The number of hydrogen-bond acceptors (Lipinski definition) is 22. The number of fused-ring (bicyclic) bond motifs is 2. The Balaban J connectivity index is 0.000000226. The molecule has 6 heterocycles. The van der Waals surface area contributed by atoms with Gasteiger partial charge in [-0.05, 0) is 75.2 Å². The highest BCUT2D eigenvalue weighted by Gasteiger charge is 2.58. The first-order chi connectivity index (χ1) is 37.3. The fourth-order valence-corrected chi connectivity index (χ4v) is 11.3. The van der Waals surface area contributed by atoms with E-state index in [4.69, 9.17) is 48.5 Å². The van der Waals surface area contributed by atoms with Crippen molar-refractivity contribution in [2.24, 2.45) is 0 Å². The highest BCUT2D eigenvalue weighted by atomic mass is 31.2. The molecule has 2 aliphatic rings. The molecule has 2 aromatic carbocycles. The lowest BCUT2D eigenvalue weighted by atomic mass is 9.96. The fourth-order valence-electron chi connectivity index (χ4n) is 8.17. The first kappa shape index (κ1) is 59.4. The van der Waals surface area contributed by atoms with E-state index in [0.717, 1.165) is 0 Å². The van der Waals surface area contributed by atoms with Gasteiger partial charge in [0, 0.05) is 0 Å². The SMILES string of the molecule is CCCOC(=O)[C@H](C)N[P@@](=O)(OC[C@@]1(CF)O[C@@H](c2ccc3c(N)ncnn23)[C@H](O)[C@@H]1O)Oc1ccccc1.CCCOC(=O)[C@H](C)N[P@](=O)(OC[C@@]1(CF)O[C@@H](c2ccc3c(N)ncnn23)[C@H](O)[C@@H]1O)Oc1ccccc1. The Labute approximate surface area is 445 Å². The maximum Gasteiger partial charge on any atom is 0.459 e. The maximum absolute atomic E-state index is 14.5. The van der Waals surface area contributed by atoms with Crippen LogP contribution >= 0.6 is 15.5 Å². The number of nitrogen functional groups attached to an aromatic ring is 2. The second kappa shape index (κ2) is 25.7. The molecule has 8 rings (SSSR count). The van der Waals surface area contributed by atoms with Crippen molar-refractivity contribution in [1.82, 2.24) is 39.4 Å². The molecule has 0 aliphatic carbocycles. The molecule has 0 bridgehead atoms. The third-order valence-electron chi connectivity index (χ3n) is 12.3. The molecule has 0 saturated carbocycles. The van der Waals surface area contributed by atoms with Gasteiger partial charge in [0.05, 0.1) is 37.8 Å². The van der Waals surface area contributed by atoms with Crippen LogP contribution in [0.2, 0.25) is 0 Å². The third kappa shape index (κ3) is 13.2. The number of hydrogen-bond donors (Lipinski definition) is 8. The zero-order chi connectivity index (χ0) is 56.4. The Morgan fingerprint density at radius 3 is 1.37 bits per heavy atom. The summed E-state index contributed by atoms with van der Waals surface area (Å²) < 4.78 is 103. The Kier molecular flexibility index (Phi) is 19.6. The van der Waals surface area contributed by atoms with Gasteiger partial charge in [0.2, 0.25) is 0 Å². The number of para-hydroxylation sites is 2. The number of halogens is 2. The summed E-state index contributed by atoms with van der Waals surface area (Å²) in [6.07, 6.45) is -5.74. The van der Waals surface area contributed by atoms with E-state index in [9.17, 15) is 47.9 Å². The number of rotatable bonds is 24. The molecule has 10 N–H and O–H groups in total. The summed E-state index contributed by atoms with van der Waals surface area (Å²) in [6.45, 7) is 2.50. The summed E-state index contributed by atoms with van der Waals surface area (Å²) >= 11 is 0. The van der Waals surface area contributed by atoms with Crippen LogP contribution in [-0.4, -0.2) is 149 Å². The van der Waals surface area contributed by atoms with Gasteiger partial charge in [-0.2, -0.15) is 20.4 Å². The molecule has 0 spiro atoms. The van der Waals surface area contributed by atoms with E-state index in [1.54, 1.807) is 60.7 Å². The summed E-state index contributed by atoms with van der Waals surface area (Å²) in [5.74, 6) is -0.792. The lowest BCUT2D eigenvalue weighted by molar-refractivity contribution is -0.146. The van der Waals surface area contributed by atoms with Crippen LogP contribution in [-0.2, 0) is 46.7 Å². The van der Waals surface area contributed by atoms with Crippen molar-refractivity contribution in [3.8, 4) is 11.5 Å². The van der Waals surface area contributed by atoms with Crippen LogP contribution in [0.15, 0.2) is 97.6 Å². The number of aromatic nitrogens is 6. The number of anilines is 2. The number of carbonyl (C=O) groups is 2. The van der Waals surface area contributed by atoms with Crippen molar-refractivity contribution in [3.63, 3.8) is 0 Å². The number of nitrogens with two attached hydrogens (primary N) is 2. The molecule has 424 valence electrons. The van der Waals surface area contributed by atoms with Gasteiger partial charge >= 0.3 is 27.4 Å². The Hall–Kier alpha value is -6.26. The number of ether oxygens (including phenoxy) is 4. The maximum atomic E-state index is 14.5. The Morgan fingerprint density at radius 2 is 1.03 bits per heavy atom. The van der Waals surface area contributed by atoms with Gasteiger partial charge in [-0.15, -0.1) is 0 Å². The van der Waals surface area contributed by atoms with E-state index in [0.29, 0.717) is 23.9 Å². The van der Waals surface area contributed by atoms with Gasteiger partial charge in [-0.25, -0.2) is 36.9 Å². The Morgan fingerprint density at radius 1 is 0.654 bits per heavy atom. The molecule has 0 unspecified atom stereocenters. The summed E-state index contributed by atoms with van der Waals surface area (Å²) in [5.41, 5.74) is 8.83. The zero-order valence-corrected chi connectivity index (χ0v) is 44.5. The van der Waals surface area contributed by atoms with Crippen molar-refractivity contribution >= 4 is 50.1 Å². The monoisotopic (exact) mass is 1130 g/mol. The first-order valence-corrected chi connectivity index (χ1v) is 27.6. The minimum atomic E-state index is -4.40. The van der Waals surface area contributed by atoms with E-state index in [1.807, 2.05) is 13.8 Å². The zero-order valence-electron chi connectivity index (χ0n) is 42.7. The van der Waals surface area contributed by atoms with Gasteiger partial charge < -0.3 is 59.9 Å². The summed E-state index contributed by atoms with van der Waals surface area (Å²) in [4.78, 5) is 32.4. The highest BCUT2D eigenvalue weighted by molar-refractivity contribution is 7.52. The van der Waals surface area contributed by atoms with Gasteiger partial charge in [-0.1, -0.05) is 50.2 Å². The first-order valence-electron chi connectivity index (χ1n) is 24.5. The molecule has 78 heavy (non-hydrogen) atoms. The molecule has 26 nitrogen and oxygen atoms in total. The average molecular weight is 1140 g/mol. The van der Waals surface area contributed by atoms with Crippen LogP contribution in [0.4, 0.5) is 20.4 Å². The van der Waals surface area contributed by atoms with Crippen LogP contribution in [0.1, 0.15) is 64.1 Å². The minimum Gasteiger partial charge on any atom is -0.465 e. The smallest absolute Gasteiger partial charge is 0.459 e. The van der Waals surface area contributed by atoms with Crippen molar-refractivity contribution in [1.29, 1.82) is 0 Å². The number of carbonyl (C=O) groups excluding carboxylic acids is 2. The quantitative estimate of drug-likeness (QED) is 0.0315. The number of alkyl halides is 2. The standard InChI is InChI=1S/2C24H31FN5O8P/c2*1-3-11-35-23(33)15(2)29-39(34,38-16-7-5-4-6-8-16)36-13-24(12-25)21(32)19(31)20(37-24)17-9-10-18-22(26)27-14-28-30(17)18/h2*4-10,14-15,19-21,31-32H,3,11-13H2,1-2H3,(H,29,34)(H2,26,27,28)/t15-,19-,20-,21-,24+,39+;15-,19-,20-,21-,24+,39-/m00/s1. The molecule has 2 saturated heterocycles. The lowest BCUT2D eigenvalue weighted by Gasteiger charge is -2.31. The van der Waals surface area contributed by atoms with Gasteiger partial charge in [0.1, 0.15) is 108 Å². The van der Waals surface area contributed by atoms with Crippen molar-refractivity contribution < 1.29 is 85.0 Å². The summed E-state index contributed by atoms with van der Waals surface area (Å²) in [6, 6.07) is 20.0. The molecule has 12 atom stereocenters. The van der Waals surface area contributed by atoms with Crippen LogP contribution in [0.3, 0.4) is 0 Å². The van der Waals surface area contributed by atoms with Crippen molar-refractivity contribution in [3.05, 3.63) is 109 Å². The molecule has 2 fully saturated rings. The topological polar surface area (TPSA) is 360 Å². The molecule has 0 amide bonds. The molecular formula is C48H62F2N10O16P2. The number of nitrogens with one attached hydrogen (secondary N) is 2. The molecule has 2 aliphatic heterocycles. The number of aliphatic hydroxyl groups is 4. The number of nitrogens with zero attached hydrogens (tertiary/aromatic N) is 6. The predicted molar refractivity (Wildman–Crippen MR) is 273 cm³/mol. The molecule has 4 aromatic heterocycles. The minimum absolute atomic E-state index is 0.138. The van der Waals surface area contributed by atoms with Crippen molar-refractivity contribution in [2.45, 2.75) is 100 Å². The van der Waals surface area contributed by atoms with E-state index in [1.165, 1.54) is 59.8 Å². The summed E-state index contributed by atoms with van der Waals surface area (Å²) in [5, 5.41) is 56.6. The average Bonchev–Trinajstić information content (AvgIpc) is 4.41. The molecule has 6 aromatic rings. The molecular weight excluding hydrogens is 1070 g/mol. The lowest BCUT2D eigenvalue weighted by Crippen LogP contribution is -2.49. The largest absolute Gasteiger partial charge is 0.465 e. The van der Waals surface area contributed by atoms with Crippen LogP contribution in [0.5, 0.6) is 11.5 Å². The van der Waals surface area contributed by atoms with Gasteiger partial charge in [0.15, 0.2) is 11.6 Å². The fraction of sp³-hybridized carbons (Fsp3) is 0.458. The second-order valence-electron chi connectivity index (χ2n) is 18.1. The number of esters is 2. The van der Waals surface area contributed by atoms with Crippen LogP contribution in [0, 0.1) is 0 Å². The van der Waals surface area contributed by atoms with E-state index >= 15 is 0 Å². The van der Waals surface area contributed by atoms with Crippen LogP contribution < -0.4 is 30.7 Å². The van der Waals surface area contributed by atoms with E-state index < -0.39 is 114 Å². The predicted octanol–water partition coefficient (Wildman–Crippen LogP) is 3.90. The normalized spacial score (nSPS) is 25.3. The van der Waals surface area contributed by atoms with Gasteiger partial charge in [0.25, 0.3) is 0 Å². The number of aliphatic hydroxyl groups excluding tert-OH is 4. The molecule has 30 heteroatoms. The van der Waals surface area contributed by atoms with E-state index in [-0.39, 0.29) is 47.7 Å². The molecule has 0 radical (unpaired) electrons. The van der Waals surface area contributed by atoms with E-state index in [2.05, 4.69) is 30.3 Å².